The van der Waals surface area contributed by atoms with Gasteiger partial charge in [0, 0.05) is 25.7 Å². The lowest BCUT2D eigenvalue weighted by Crippen LogP contribution is -2.30. The third-order valence-electron chi connectivity index (χ3n) is 18.8. The van der Waals surface area contributed by atoms with Crippen molar-refractivity contribution in [2.45, 2.75) is 432 Å². The standard InChI is InChI=1S/C79H154O17P2/c1-7-10-12-14-16-18-20-21-22-23-24-28-32-38-44-50-56-62-77(82)90-67-74(95-78(83)63-57-51-45-39-33-29-26-25-27-31-36-42-48-54-60-72(6)9-3)69-93-97(85,86)91-65-73(80)66-92-98(87,88)94-70-75(68-89-76(81)61-55-49-43-37-30-19-17-15-13-11-8-2)96-79(84)64-58-52-46-40-34-35-41-47-53-59-71(4)5/h71-75,80H,7-70H2,1-6H3,(H,85,86)(H,87,88)/t72?,73-,74-,75-/m1/s1. The first-order valence-corrected chi connectivity index (χ1v) is 44.0. The van der Waals surface area contributed by atoms with Crippen LogP contribution in [0.4, 0.5) is 0 Å². The largest absolute Gasteiger partial charge is 0.472 e. The number of aliphatic hydroxyl groups excluding tert-OH is 1. The minimum absolute atomic E-state index is 0.106. The summed E-state index contributed by atoms with van der Waals surface area (Å²) in [6.45, 7) is 9.65. The van der Waals surface area contributed by atoms with E-state index in [4.69, 9.17) is 37.0 Å². The first kappa shape index (κ1) is 96.1. The van der Waals surface area contributed by atoms with Crippen molar-refractivity contribution >= 4 is 39.5 Å². The Hall–Kier alpha value is -1.94. The normalized spacial score (nSPS) is 14.2. The van der Waals surface area contributed by atoms with Gasteiger partial charge >= 0.3 is 39.5 Å². The number of hydrogen-bond donors (Lipinski definition) is 3. The topological polar surface area (TPSA) is 237 Å². The van der Waals surface area contributed by atoms with Gasteiger partial charge in [-0.05, 0) is 37.5 Å². The quantitative estimate of drug-likeness (QED) is 0.0222. The van der Waals surface area contributed by atoms with Crippen LogP contribution in [0.3, 0.4) is 0 Å². The summed E-state index contributed by atoms with van der Waals surface area (Å²) >= 11 is 0. The van der Waals surface area contributed by atoms with Crippen molar-refractivity contribution in [3.05, 3.63) is 0 Å². The Balaban J connectivity index is 5.25. The Bertz CT molecular complexity index is 1890. The average molecular weight is 1440 g/mol. The van der Waals surface area contributed by atoms with Crippen LogP contribution in [0, 0.1) is 11.8 Å². The number of ether oxygens (including phenoxy) is 4. The van der Waals surface area contributed by atoms with E-state index in [0.29, 0.717) is 25.7 Å². The van der Waals surface area contributed by atoms with Crippen LogP contribution in [0.2, 0.25) is 0 Å². The van der Waals surface area contributed by atoms with Gasteiger partial charge in [0.2, 0.25) is 0 Å². The number of hydrogen-bond acceptors (Lipinski definition) is 15. The maximum atomic E-state index is 13.1. The number of aliphatic hydroxyl groups is 1. The highest BCUT2D eigenvalue weighted by molar-refractivity contribution is 7.47. The predicted molar refractivity (Wildman–Crippen MR) is 400 cm³/mol. The molecule has 0 aliphatic rings. The summed E-state index contributed by atoms with van der Waals surface area (Å²) in [7, 11) is -9.92. The molecule has 98 heavy (non-hydrogen) atoms. The summed E-state index contributed by atoms with van der Waals surface area (Å²) in [5.41, 5.74) is 0. The monoisotopic (exact) mass is 1440 g/mol. The first-order chi connectivity index (χ1) is 47.4. The van der Waals surface area contributed by atoms with Crippen LogP contribution in [-0.2, 0) is 65.4 Å². The molecule has 6 atom stereocenters. The van der Waals surface area contributed by atoms with Gasteiger partial charge in [0.05, 0.1) is 26.4 Å². The number of carbonyl (C=O) groups is 4. The van der Waals surface area contributed by atoms with Crippen molar-refractivity contribution in [3.63, 3.8) is 0 Å². The predicted octanol–water partition coefficient (Wildman–Crippen LogP) is 23.5. The molecule has 0 spiro atoms. The molecule has 0 aromatic rings. The number of phosphoric acid groups is 2. The van der Waals surface area contributed by atoms with Gasteiger partial charge in [0.15, 0.2) is 12.2 Å². The Labute approximate surface area is 600 Å². The molecule has 0 bridgehead atoms. The van der Waals surface area contributed by atoms with Crippen molar-refractivity contribution in [2.24, 2.45) is 11.8 Å². The van der Waals surface area contributed by atoms with Crippen molar-refractivity contribution in [2.75, 3.05) is 39.6 Å². The van der Waals surface area contributed by atoms with E-state index in [2.05, 4.69) is 41.5 Å². The summed E-state index contributed by atoms with van der Waals surface area (Å²) in [6, 6.07) is 0. The summed E-state index contributed by atoms with van der Waals surface area (Å²) in [4.78, 5) is 72.9. The number of unbranched alkanes of at least 4 members (excludes halogenated alkanes) is 47. The molecular weight excluding hydrogens is 1280 g/mol. The molecule has 0 saturated carbocycles. The fraction of sp³-hybridized carbons (Fsp3) is 0.949. The van der Waals surface area contributed by atoms with E-state index in [-0.39, 0.29) is 25.7 Å². The molecule has 0 aromatic heterocycles. The van der Waals surface area contributed by atoms with Crippen molar-refractivity contribution in [1.82, 2.24) is 0 Å². The van der Waals surface area contributed by atoms with E-state index in [0.717, 1.165) is 102 Å². The van der Waals surface area contributed by atoms with Gasteiger partial charge in [-0.1, -0.05) is 363 Å². The molecule has 0 radical (unpaired) electrons. The highest BCUT2D eigenvalue weighted by Crippen LogP contribution is 2.45. The van der Waals surface area contributed by atoms with Crippen molar-refractivity contribution < 1.29 is 80.2 Å². The maximum Gasteiger partial charge on any atom is 0.472 e. The van der Waals surface area contributed by atoms with Gasteiger partial charge in [0.25, 0.3) is 0 Å². The third kappa shape index (κ3) is 71.1. The molecule has 0 aliphatic heterocycles. The smallest absolute Gasteiger partial charge is 0.462 e. The van der Waals surface area contributed by atoms with Crippen molar-refractivity contribution in [3.8, 4) is 0 Å². The van der Waals surface area contributed by atoms with Gasteiger partial charge < -0.3 is 33.8 Å². The second kappa shape index (κ2) is 70.7. The van der Waals surface area contributed by atoms with Gasteiger partial charge in [-0.3, -0.25) is 37.3 Å². The zero-order chi connectivity index (χ0) is 72.1. The zero-order valence-corrected chi connectivity index (χ0v) is 65.9. The Morgan fingerprint density at radius 3 is 0.776 bits per heavy atom. The number of esters is 4. The Kier molecular flexibility index (Phi) is 69.3. The van der Waals surface area contributed by atoms with E-state index < -0.39 is 97.5 Å². The number of rotatable bonds is 78. The third-order valence-corrected chi connectivity index (χ3v) is 20.7. The van der Waals surface area contributed by atoms with Crippen LogP contribution in [0.1, 0.15) is 414 Å². The molecule has 0 aromatic carbocycles. The lowest BCUT2D eigenvalue weighted by molar-refractivity contribution is -0.161. The van der Waals surface area contributed by atoms with Crippen LogP contribution >= 0.6 is 15.6 Å². The second-order valence-electron chi connectivity index (χ2n) is 29.2. The lowest BCUT2D eigenvalue weighted by atomic mass is 9.99. The number of carbonyl (C=O) groups excluding carboxylic acids is 4. The highest BCUT2D eigenvalue weighted by Gasteiger charge is 2.30. The molecule has 3 unspecified atom stereocenters. The molecule has 582 valence electrons. The molecule has 19 heteroatoms. The molecule has 17 nitrogen and oxygen atoms in total. The molecule has 0 aliphatic carbocycles. The minimum Gasteiger partial charge on any atom is -0.462 e. The van der Waals surface area contributed by atoms with Gasteiger partial charge in [-0.15, -0.1) is 0 Å². The highest BCUT2D eigenvalue weighted by atomic mass is 31.2. The summed E-state index contributed by atoms with van der Waals surface area (Å²) < 4.78 is 68.6. The van der Waals surface area contributed by atoms with Crippen LogP contribution in [-0.4, -0.2) is 96.7 Å². The first-order valence-electron chi connectivity index (χ1n) is 41.0. The Morgan fingerprint density at radius 1 is 0.296 bits per heavy atom. The van der Waals surface area contributed by atoms with E-state index in [1.807, 2.05) is 0 Å². The van der Waals surface area contributed by atoms with Crippen molar-refractivity contribution in [1.29, 1.82) is 0 Å². The van der Waals surface area contributed by atoms with Crippen LogP contribution in [0.5, 0.6) is 0 Å². The molecule has 0 fully saturated rings. The van der Waals surface area contributed by atoms with Gasteiger partial charge in [0.1, 0.15) is 19.3 Å². The fourth-order valence-electron chi connectivity index (χ4n) is 12.2. The molecule has 0 rings (SSSR count). The summed E-state index contributed by atoms with van der Waals surface area (Å²) in [5.74, 6) is -0.528. The fourth-order valence-corrected chi connectivity index (χ4v) is 13.7. The Morgan fingerprint density at radius 2 is 0.520 bits per heavy atom. The second-order valence-corrected chi connectivity index (χ2v) is 32.1. The maximum absolute atomic E-state index is 13.1. The molecule has 0 heterocycles. The van der Waals surface area contributed by atoms with E-state index in [1.165, 1.54) is 231 Å². The molecular formula is C79H154O17P2. The SMILES string of the molecule is CCCCCCCCCCCCCCCCCCCC(=O)OC[C@H](COP(=O)(O)OC[C@@H](O)COP(=O)(O)OC[C@@H](COC(=O)CCCCCCCCCCCCC)OC(=O)CCCCCCCCCCCC(C)C)OC(=O)CCCCCCCCCCCCCCCCC(C)CC. The summed E-state index contributed by atoms with van der Waals surface area (Å²) in [5, 5.41) is 10.6. The zero-order valence-electron chi connectivity index (χ0n) is 64.1. The number of phosphoric ester groups is 2. The van der Waals surface area contributed by atoms with E-state index >= 15 is 0 Å². The van der Waals surface area contributed by atoms with Crippen LogP contribution in [0.15, 0.2) is 0 Å². The van der Waals surface area contributed by atoms with E-state index in [1.54, 1.807) is 0 Å². The lowest BCUT2D eigenvalue weighted by Gasteiger charge is -2.21. The van der Waals surface area contributed by atoms with Crippen LogP contribution in [0.25, 0.3) is 0 Å². The molecule has 3 N–H and O–H groups in total. The minimum atomic E-state index is -4.96. The van der Waals surface area contributed by atoms with E-state index in [9.17, 15) is 43.2 Å². The average Bonchev–Trinajstić information content (AvgIpc) is 0.935. The van der Waals surface area contributed by atoms with Crippen LogP contribution < -0.4 is 0 Å². The summed E-state index contributed by atoms with van der Waals surface area (Å²) in [6.07, 6.45) is 59.5. The van der Waals surface area contributed by atoms with Gasteiger partial charge in [-0.2, -0.15) is 0 Å². The van der Waals surface area contributed by atoms with Gasteiger partial charge in [-0.25, -0.2) is 9.13 Å². The molecule has 0 saturated heterocycles. The molecule has 0 amide bonds.